The summed E-state index contributed by atoms with van der Waals surface area (Å²) in [7, 11) is 0. The highest BCUT2D eigenvalue weighted by Gasteiger charge is 2.29. The summed E-state index contributed by atoms with van der Waals surface area (Å²) in [5.74, 6) is -0.0710. The van der Waals surface area contributed by atoms with Crippen LogP contribution in [-0.2, 0) is 0 Å². The van der Waals surface area contributed by atoms with Crippen molar-refractivity contribution in [1.82, 2.24) is 0 Å². The molecule has 2 aliphatic carbocycles. The first-order valence-corrected chi connectivity index (χ1v) is 10.6. The highest BCUT2D eigenvalue weighted by molar-refractivity contribution is 5.30. The van der Waals surface area contributed by atoms with Gasteiger partial charge >= 0.3 is 0 Å². The van der Waals surface area contributed by atoms with Crippen molar-refractivity contribution in [3.8, 4) is 0 Å². The second-order valence-electron chi connectivity index (χ2n) is 8.81. The van der Waals surface area contributed by atoms with Crippen LogP contribution < -0.4 is 0 Å². The average Bonchev–Trinajstić information content (AvgIpc) is 2.66. The van der Waals surface area contributed by atoms with E-state index in [0.717, 1.165) is 43.6 Å². The maximum atomic E-state index is 14.2. The van der Waals surface area contributed by atoms with E-state index >= 15 is 0 Å². The van der Waals surface area contributed by atoms with E-state index in [1.54, 1.807) is 0 Å². The van der Waals surface area contributed by atoms with Crippen LogP contribution >= 0.6 is 0 Å². The predicted octanol–water partition coefficient (Wildman–Crippen LogP) is 7.68. The van der Waals surface area contributed by atoms with Crippen molar-refractivity contribution in [1.29, 1.82) is 0 Å². The minimum Gasteiger partial charge on any atom is -0.207 e. The molecule has 0 aromatic heterocycles. The third kappa shape index (κ3) is 4.46. The smallest absolute Gasteiger partial charge is 0.165 e. The number of aryl methyl sites for hydroxylation is 1. The van der Waals surface area contributed by atoms with Crippen LogP contribution in [0, 0.1) is 42.1 Å². The molecule has 2 aliphatic rings. The molecule has 0 unspecified atom stereocenters. The molecule has 0 bridgehead atoms. The van der Waals surface area contributed by atoms with Crippen molar-refractivity contribution in [2.45, 2.75) is 90.4 Å². The Morgan fingerprint density at radius 1 is 0.769 bits per heavy atom. The first-order chi connectivity index (χ1) is 12.5. The molecule has 0 aliphatic heterocycles. The molecule has 0 nitrogen and oxygen atoms in total. The van der Waals surface area contributed by atoms with E-state index in [-0.39, 0.29) is 17.0 Å². The molecule has 0 heterocycles. The van der Waals surface area contributed by atoms with Gasteiger partial charge in [-0.15, -0.1) is 0 Å². The van der Waals surface area contributed by atoms with Gasteiger partial charge in [0.15, 0.2) is 11.6 Å². The highest BCUT2D eigenvalue weighted by Crippen LogP contribution is 2.41. The summed E-state index contributed by atoms with van der Waals surface area (Å²) in [4.78, 5) is 0. The zero-order chi connectivity index (χ0) is 18.7. The Balaban J connectivity index is 1.49. The van der Waals surface area contributed by atoms with Crippen LogP contribution in [0.3, 0.4) is 0 Å². The monoisotopic (exact) mass is 366 g/mol. The number of rotatable bonds is 5. The summed E-state index contributed by atoms with van der Waals surface area (Å²) in [5.41, 5.74) is 0.0414. The lowest BCUT2D eigenvalue weighted by molar-refractivity contribution is 0.226. The average molecular weight is 367 g/mol. The molecule has 0 atom stereocenters. The lowest BCUT2D eigenvalue weighted by Crippen LogP contribution is -2.19. The van der Waals surface area contributed by atoms with E-state index in [2.05, 4.69) is 6.92 Å². The Kier molecular flexibility index (Phi) is 6.69. The Hall–Kier alpha value is -0.990. The molecule has 1 aromatic rings. The van der Waals surface area contributed by atoms with Gasteiger partial charge in [-0.1, -0.05) is 51.9 Å². The van der Waals surface area contributed by atoms with E-state index in [1.165, 1.54) is 51.9 Å². The molecular formula is C23H33F3. The summed E-state index contributed by atoms with van der Waals surface area (Å²) < 4.78 is 42.3. The standard InChI is InChI=1S/C23H33F3/c1-3-16-4-6-17(7-5-16)8-9-18-10-12-19(13-11-18)21-20(24)14-15(2)22(25)23(21)26/h14,16-19H,3-13H2,1-2H3/t16-,17-,18-,19-. The molecule has 146 valence electrons. The van der Waals surface area contributed by atoms with Gasteiger partial charge in [0, 0.05) is 5.56 Å². The third-order valence-corrected chi connectivity index (χ3v) is 7.16. The SMILES string of the molecule is CC[C@H]1CC[C@H](CC[C@H]2CC[C@H](c3c(F)cc(C)c(F)c3F)CC2)CC1. The Morgan fingerprint density at radius 3 is 1.81 bits per heavy atom. The van der Waals surface area contributed by atoms with Gasteiger partial charge in [0.25, 0.3) is 0 Å². The molecule has 0 amide bonds. The van der Waals surface area contributed by atoms with Crippen molar-refractivity contribution in [2.75, 3.05) is 0 Å². The zero-order valence-corrected chi connectivity index (χ0v) is 16.3. The van der Waals surface area contributed by atoms with Crippen LogP contribution in [0.4, 0.5) is 13.2 Å². The van der Waals surface area contributed by atoms with Crippen molar-refractivity contribution >= 4 is 0 Å². The van der Waals surface area contributed by atoms with Gasteiger partial charge in [-0.3, -0.25) is 0 Å². The number of benzene rings is 1. The number of halogens is 3. The van der Waals surface area contributed by atoms with E-state index < -0.39 is 17.5 Å². The van der Waals surface area contributed by atoms with Crippen LogP contribution in [0.1, 0.15) is 94.6 Å². The second-order valence-corrected chi connectivity index (χ2v) is 8.81. The number of hydrogen-bond donors (Lipinski definition) is 0. The first kappa shape index (κ1) is 19.8. The third-order valence-electron chi connectivity index (χ3n) is 7.16. The van der Waals surface area contributed by atoms with Gasteiger partial charge in [-0.05, 0) is 67.9 Å². The zero-order valence-electron chi connectivity index (χ0n) is 16.3. The Morgan fingerprint density at radius 2 is 1.27 bits per heavy atom. The van der Waals surface area contributed by atoms with E-state index in [0.29, 0.717) is 5.92 Å². The fourth-order valence-corrected chi connectivity index (χ4v) is 5.24. The summed E-state index contributed by atoms with van der Waals surface area (Å²) in [6.07, 6.45) is 13.0. The van der Waals surface area contributed by atoms with E-state index in [1.807, 2.05) is 0 Å². The van der Waals surface area contributed by atoms with Crippen molar-refractivity contribution in [3.63, 3.8) is 0 Å². The summed E-state index contributed by atoms with van der Waals surface area (Å²) in [6.45, 7) is 3.71. The lowest BCUT2D eigenvalue weighted by Gasteiger charge is -2.32. The minimum atomic E-state index is -0.960. The second kappa shape index (κ2) is 8.80. The van der Waals surface area contributed by atoms with Crippen molar-refractivity contribution in [2.24, 2.45) is 17.8 Å². The van der Waals surface area contributed by atoms with Crippen LogP contribution in [0.2, 0.25) is 0 Å². The Labute approximate surface area is 156 Å². The molecule has 1 aromatic carbocycles. The fourth-order valence-electron chi connectivity index (χ4n) is 5.24. The lowest BCUT2D eigenvalue weighted by atomic mass is 9.74. The van der Waals surface area contributed by atoms with Crippen LogP contribution in [0.25, 0.3) is 0 Å². The molecule has 2 saturated carbocycles. The molecule has 3 rings (SSSR count). The molecule has 0 spiro atoms. The van der Waals surface area contributed by atoms with Gasteiger partial charge < -0.3 is 0 Å². The minimum absolute atomic E-state index is 0.00978. The molecule has 3 heteroatoms. The van der Waals surface area contributed by atoms with Gasteiger partial charge in [-0.25, -0.2) is 13.2 Å². The summed E-state index contributed by atoms with van der Waals surface area (Å²) in [6, 6.07) is 1.15. The number of hydrogen-bond acceptors (Lipinski definition) is 0. The normalized spacial score (nSPS) is 29.7. The summed E-state index contributed by atoms with van der Waals surface area (Å²) >= 11 is 0. The van der Waals surface area contributed by atoms with Gasteiger partial charge in [0.05, 0.1) is 0 Å². The molecule has 0 radical (unpaired) electrons. The predicted molar refractivity (Wildman–Crippen MR) is 101 cm³/mol. The van der Waals surface area contributed by atoms with Crippen LogP contribution in [0.15, 0.2) is 6.07 Å². The van der Waals surface area contributed by atoms with Gasteiger partial charge in [0.2, 0.25) is 0 Å². The van der Waals surface area contributed by atoms with Crippen molar-refractivity contribution < 1.29 is 13.2 Å². The van der Waals surface area contributed by atoms with Crippen molar-refractivity contribution in [3.05, 3.63) is 34.6 Å². The van der Waals surface area contributed by atoms with E-state index in [9.17, 15) is 13.2 Å². The molecule has 2 fully saturated rings. The summed E-state index contributed by atoms with van der Waals surface area (Å²) in [5, 5.41) is 0. The van der Waals surface area contributed by atoms with Crippen LogP contribution in [0.5, 0.6) is 0 Å². The topological polar surface area (TPSA) is 0 Å². The Bertz CT molecular complexity index is 594. The van der Waals surface area contributed by atoms with E-state index in [4.69, 9.17) is 0 Å². The quantitative estimate of drug-likeness (QED) is 0.469. The molecular weight excluding hydrogens is 333 g/mol. The fraction of sp³-hybridized carbons (Fsp3) is 0.739. The van der Waals surface area contributed by atoms with Crippen LogP contribution in [-0.4, -0.2) is 0 Å². The maximum absolute atomic E-state index is 14.2. The molecule has 26 heavy (non-hydrogen) atoms. The first-order valence-electron chi connectivity index (χ1n) is 10.6. The maximum Gasteiger partial charge on any atom is 0.165 e. The van der Waals surface area contributed by atoms with Gasteiger partial charge in [0.1, 0.15) is 5.82 Å². The molecule has 0 saturated heterocycles. The van der Waals surface area contributed by atoms with Gasteiger partial charge in [-0.2, -0.15) is 0 Å². The molecule has 0 N–H and O–H groups in total. The highest BCUT2D eigenvalue weighted by atomic mass is 19.2. The largest absolute Gasteiger partial charge is 0.207 e.